The monoisotopic (exact) mass is 239 g/mol. The molecule has 96 valence electrons. The molecule has 2 atom stereocenters. The molecule has 2 rings (SSSR count). The zero-order chi connectivity index (χ0) is 12.6. The van der Waals surface area contributed by atoms with Crippen molar-refractivity contribution < 1.29 is 14.3 Å². The van der Waals surface area contributed by atoms with Crippen LogP contribution in [-0.2, 0) is 9.53 Å². The number of hydrogen-bond donors (Lipinski definition) is 0. The first-order chi connectivity index (χ1) is 7.87. The summed E-state index contributed by atoms with van der Waals surface area (Å²) in [5, 5.41) is 0. The van der Waals surface area contributed by atoms with Crippen molar-refractivity contribution in [1.82, 2.24) is 4.90 Å². The van der Waals surface area contributed by atoms with Crippen molar-refractivity contribution >= 4 is 11.9 Å². The van der Waals surface area contributed by atoms with Crippen LogP contribution in [0.25, 0.3) is 0 Å². The molecule has 17 heavy (non-hydrogen) atoms. The van der Waals surface area contributed by atoms with Crippen molar-refractivity contribution in [1.29, 1.82) is 0 Å². The summed E-state index contributed by atoms with van der Waals surface area (Å²) in [5.74, 6) is 0.709. The summed E-state index contributed by atoms with van der Waals surface area (Å²) in [5.41, 5.74) is -0.445. The minimum atomic E-state index is -0.445. The number of amides is 1. The third-order valence-corrected chi connectivity index (χ3v) is 3.52. The van der Waals surface area contributed by atoms with Crippen LogP contribution < -0.4 is 0 Å². The topological polar surface area (TPSA) is 46.6 Å². The summed E-state index contributed by atoms with van der Waals surface area (Å²) >= 11 is 0. The highest BCUT2D eigenvalue weighted by molar-refractivity contribution is 5.80. The Bertz CT molecular complexity index is 332. The van der Waals surface area contributed by atoms with Crippen molar-refractivity contribution in [2.75, 3.05) is 6.54 Å². The molecule has 4 heteroatoms. The van der Waals surface area contributed by atoms with Crippen molar-refractivity contribution in [3.63, 3.8) is 0 Å². The lowest BCUT2D eigenvalue weighted by atomic mass is 9.84. The molecule has 0 aromatic heterocycles. The normalized spacial score (nSPS) is 29.1. The third kappa shape index (κ3) is 2.79. The maximum atomic E-state index is 12.0. The van der Waals surface area contributed by atoms with Gasteiger partial charge in [-0.25, -0.2) is 4.79 Å². The quantitative estimate of drug-likeness (QED) is 0.652. The van der Waals surface area contributed by atoms with E-state index in [-0.39, 0.29) is 12.1 Å². The van der Waals surface area contributed by atoms with Crippen molar-refractivity contribution in [3.05, 3.63) is 0 Å². The van der Waals surface area contributed by atoms with Gasteiger partial charge >= 0.3 is 6.09 Å². The Morgan fingerprint density at radius 3 is 2.71 bits per heavy atom. The van der Waals surface area contributed by atoms with Crippen LogP contribution in [0.3, 0.4) is 0 Å². The Morgan fingerprint density at radius 1 is 1.35 bits per heavy atom. The molecule has 0 spiro atoms. The van der Waals surface area contributed by atoms with E-state index in [1.807, 2.05) is 25.7 Å². The van der Waals surface area contributed by atoms with E-state index in [0.29, 0.717) is 24.5 Å². The molecule has 1 heterocycles. The fourth-order valence-corrected chi connectivity index (χ4v) is 2.80. The molecular formula is C13H21NO3. The zero-order valence-electron chi connectivity index (χ0n) is 10.9. The minimum Gasteiger partial charge on any atom is -0.444 e. The van der Waals surface area contributed by atoms with E-state index < -0.39 is 5.60 Å². The highest BCUT2D eigenvalue weighted by atomic mass is 16.6. The summed E-state index contributed by atoms with van der Waals surface area (Å²) in [6.07, 6.45) is 2.78. The van der Waals surface area contributed by atoms with Gasteiger partial charge in [-0.3, -0.25) is 4.79 Å². The molecule has 0 radical (unpaired) electrons. The van der Waals surface area contributed by atoms with E-state index in [1.54, 1.807) is 0 Å². The first kappa shape index (κ1) is 12.4. The van der Waals surface area contributed by atoms with Gasteiger partial charge in [0, 0.05) is 25.4 Å². The zero-order valence-corrected chi connectivity index (χ0v) is 10.9. The van der Waals surface area contributed by atoms with Crippen LogP contribution in [0.4, 0.5) is 4.79 Å². The summed E-state index contributed by atoms with van der Waals surface area (Å²) in [4.78, 5) is 25.2. The predicted octanol–water partition coefficient (Wildman–Crippen LogP) is 2.37. The smallest absolute Gasteiger partial charge is 0.410 e. The number of likely N-dealkylation sites (tertiary alicyclic amines) is 1. The van der Waals surface area contributed by atoms with Crippen LogP contribution in [-0.4, -0.2) is 35.0 Å². The number of ketones is 1. The molecule has 2 aliphatic rings. The lowest BCUT2D eigenvalue weighted by molar-refractivity contribution is -0.122. The van der Waals surface area contributed by atoms with E-state index in [1.165, 1.54) is 0 Å². The number of nitrogens with zero attached hydrogens (tertiary/aromatic N) is 1. The molecular weight excluding hydrogens is 218 g/mol. The van der Waals surface area contributed by atoms with Gasteiger partial charge in [0.15, 0.2) is 0 Å². The summed E-state index contributed by atoms with van der Waals surface area (Å²) in [6, 6.07) is 0.225. The molecule has 1 aliphatic heterocycles. The minimum absolute atomic E-state index is 0.223. The van der Waals surface area contributed by atoms with Crippen molar-refractivity contribution in [3.8, 4) is 0 Å². The SMILES string of the molecule is CC(C)(C)OC(=O)N1CC[C@H]2CC(=O)CC[C@@H]21. The molecule has 1 aliphatic carbocycles. The number of carbonyl (C=O) groups excluding carboxylic acids is 2. The number of rotatable bonds is 0. The number of carbonyl (C=O) groups is 2. The molecule has 1 saturated carbocycles. The van der Waals surface area contributed by atoms with Crippen LogP contribution in [0.2, 0.25) is 0 Å². The van der Waals surface area contributed by atoms with Gasteiger partial charge in [-0.15, -0.1) is 0 Å². The van der Waals surface area contributed by atoms with Gasteiger partial charge in [-0.1, -0.05) is 0 Å². The molecule has 0 aromatic rings. The predicted molar refractivity (Wildman–Crippen MR) is 63.7 cm³/mol. The average molecular weight is 239 g/mol. The largest absolute Gasteiger partial charge is 0.444 e. The molecule has 0 N–H and O–H groups in total. The Morgan fingerprint density at radius 2 is 2.06 bits per heavy atom. The Balaban J connectivity index is 1.99. The second-order valence-electron chi connectivity index (χ2n) is 6.07. The van der Waals surface area contributed by atoms with Crippen LogP contribution in [0, 0.1) is 5.92 Å². The van der Waals surface area contributed by atoms with Gasteiger partial charge in [0.05, 0.1) is 0 Å². The maximum absolute atomic E-state index is 12.0. The van der Waals surface area contributed by atoms with Gasteiger partial charge in [0.1, 0.15) is 11.4 Å². The highest BCUT2D eigenvalue weighted by Crippen LogP contribution is 2.35. The lowest BCUT2D eigenvalue weighted by Crippen LogP contribution is -2.43. The number of Topliss-reactive ketones (excluding diaryl/α,β-unsaturated/α-hetero) is 1. The first-order valence-corrected chi connectivity index (χ1v) is 6.38. The van der Waals surface area contributed by atoms with Crippen LogP contribution in [0.15, 0.2) is 0 Å². The standard InChI is InChI=1S/C13H21NO3/c1-13(2,3)17-12(16)14-7-6-9-8-10(15)4-5-11(9)14/h9,11H,4-8H2,1-3H3/t9-,11-/m0/s1. The van der Waals surface area contributed by atoms with E-state index >= 15 is 0 Å². The number of ether oxygens (including phenoxy) is 1. The summed E-state index contributed by atoms with van der Waals surface area (Å²) in [6.45, 7) is 6.37. The Kier molecular flexibility index (Phi) is 3.15. The third-order valence-electron chi connectivity index (χ3n) is 3.52. The Hall–Kier alpha value is -1.06. The lowest BCUT2D eigenvalue weighted by Gasteiger charge is -2.32. The van der Waals surface area contributed by atoms with Crippen LogP contribution >= 0.6 is 0 Å². The second kappa shape index (κ2) is 4.31. The average Bonchev–Trinajstić information content (AvgIpc) is 2.57. The molecule has 0 bridgehead atoms. The van der Waals surface area contributed by atoms with Crippen molar-refractivity contribution in [2.45, 2.75) is 58.1 Å². The number of fused-ring (bicyclic) bond motifs is 1. The van der Waals surface area contributed by atoms with Gasteiger partial charge in [-0.05, 0) is 39.5 Å². The molecule has 2 fully saturated rings. The number of hydrogen-bond acceptors (Lipinski definition) is 3. The van der Waals surface area contributed by atoms with E-state index in [2.05, 4.69) is 0 Å². The molecule has 4 nitrogen and oxygen atoms in total. The fourth-order valence-electron chi connectivity index (χ4n) is 2.80. The van der Waals surface area contributed by atoms with Crippen LogP contribution in [0.1, 0.15) is 46.5 Å². The van der Waals surface area contributed by atoms with Gasteiger partial charge in [0.2, 0.25) is 0 Å². The van der Waals surface area contributed by atoms with Crippen molar-refractivity contribution in [2.24, 2.45) is 5.92 Å². The second-order valence-corrected chi connectivity index (χ2v) is 6.07. The van der Waals surface area contributed by atoms with Gasteiger partial charge in [0.25, 0.3) is 0 Å². The molecule has 0 aromatic carbocycles. The Labute approximate surface area is 102 Å². The summed E-state index contributed by atoms with van der Waals surface area (Å²) < 4.78 is 5.40. The van der Waals surface area contributed by atoms with Gasteiger partial charge < -0.3 is 9.64 Å². The molecule has 0 unspecified atom stereocenters. The highest BCUT2D eigenvalue weighted by Gasteiger charge is 2.41. The van der Waals surface area contributed by atoms with E-state index in [4.69, 9.17) is 4.74 Å². The molecule has 1 amide bonds. The maximum Gasteiger partial charge on any atom is 0.410 e. The first-order valence-electron chi connectivity index (χ1n) is 6.38. The van der Waals surface area contributed by atoms with Gasteiger partial charge in [-0.2, -0.15) is 0 Å². The van der Waals surface area contributed by atoms with E-state index in [9.17, 15) is 9.59 Å². The fraction of sp³-hybridized carbons (Fsp3) is 0.846. The molecule has 1 saturated heterocycles. The van der Waals surface area contributed by atoms with Crippen LogP contribution in [0.5, 0.6) is 0 Å². The van der Waals surface area contributed by atoms with E-state index in [0.717, 1.165) is 19.4 Å². The summed E-state index contributed by atoms with van der Waals surface area (Å²) in [7, 11) is 0.